The lowest BCUT2D eigenvalue weighted by Gasteiger charge is -2.31. The number of fused-ring (bicyclic) bond motifs is 1. The summed E-state index contributed by atoms with van der Waals surface area (Å²) < 4.78 is 43.6. The zero-order valence-electron chi connectivity index (χ0n) is 18.3. The summed E-state index contributed by atoms with van der Waals surface area (Å²) >= 11 is 0. The van der Waals surface area contributed by atoms with Crippen LogP contribution in [0.4, 0.5) is 11.4 Å². The molecule has 2 amide bonds. The first-order chi connectivity index (χ1) is 15.8. The highest BCUT2D eigenvalue weighted by Gasteiger charge is 2.34. The smallest absolute Gasteiger partial charge is 0.262 e. The third kappa shape index (κ3) is 4.88. The van der Waals surface area contributed by atoms with Crippen LogP contribution in [0.25, 0.3) is 0 Å². The van der Waals surface area contributed by atoms with Gasteiger partial charge in [0, 0.05) is 37.0 Å². The molecule has 0 aliphatic carbocycles. The van der Waals surface area contributed by atoms with Crippen LogP contribution in [0, 0.1) is 5.92 Å². The predicted molar refractivity (Wildman–Crippen MR) is 120 cm³/mol. The number of methoxy groups -OCH3 is 2. The summed E-state index contributed by atoms with van der Waals surface area (Å²) in [5.74, 6) is 0.323. The topological polar surface area (TPSA) is 123 Å². The molecule has 0 spiro atoms. The second-order valence-electron chi connectivity index (χ2n) is 7.79. The quantitative estimate of drug-likeness (QED) is 0.656. The van der Waals surface area contributed by atoms with E-state index in [0.717, 1.165) is 0 Å². The van der Waals surface area contributed by atoms with Crippen molar-refractivity contribution in [1.82, 2.24) is 4.31 Å². The van der Waals surface area contributed by atoms with E-state index in [2.05, 4.69) is 10.6 Å². The van der Waals surface area contributed by atoms with Crippen molar-refractivity contribution in [3.63, 3.8) is 0 Å². The molecule has 11 heteroatoms. The summed E-state index contributed by atoms with van der Waals surface area (Å²) in [6, 6.07) is 9.37. The van der Waals surface area contributed by atoms with E-state index in [4.69, 9.17) is 14.2 Å². The molecule has 0 saturated carbocycles. The summed E-state index contributed by atoms with van der Waals surface area (Å²) in [6.45, 7) is 0.245. The van der Waals surface area contributed by atoms with Gasteiger partial charge in [0.15, 0.2) is 6.61 Å². The van der Waals surface area contributed by atoms with Gasteiger partial charge in [-0.25, -0.2) is 8.42 Å². The van der Waals surface area contributed by atoms with Crippen LogP contribution in [-0.4, -0.2) is 58.5 Å². The highest BCUT2D eigenvalue weighted by molar-refractivity contribution is 7.89. The third-order valence-electron chi connectivity index (χ3n) is 5.60. The van der Waals surface area contributed by atoms with Gasteiger partial charge in [-0.3, -0.25) is 9.59 Å². The van der Waals surface area contributed by atoms with Crippen molar-refractivity contribution in [2.24, 2.45) is 5.92 Å². The maximum absolute atomic E-state index is 13.3. The van der Waals surface area contributed by atoms with Crippen LogP contribution in [0.15, 0.2) is 41.3 Å². The fourth-order valence-electron chi connectivity index (χ4n) is 3.87. The lowest BCUT2D eigenvalue weighted by molar-refractivity contribution is -0.121. The number of carbonyl (C=O) groups excluding carboxylic acids is 2. The first-order valence-corrected chi connectivity index (χ1v) is 11.8. The molecule has 0 aromatic heterocycles. The second kappa shape index (κ2) is 9.28. The fraction of sp³-hybridized carbons (Fsp3) is 0.364. The number of benzene rings is 2. The lowest BCUT2D eigenvalue weighted by atomic mass is 9.98. The van der Waals surface area contributed by atoms with E-state index < -0.39 is 15.9 Å². The van der Waals surface area contributed by atoms with Crippen LogP contribution in [0.1, 0.15) is 12.8 Å². The normalized spacial score (nSPS) is 18.5. The number of anilines is 2. The number of piperidine rings is 1. The molecular weight excluding hydrogens is 450 g/mol. The largest absolute Gasteiger partial charge is 0.497 e. The molecule has 2 heterocycles. The Hall–Kier alpha value is -3.31. The standard InChI is InChI=1S/C22H25N3O7S/c1-30-16-8-15(9-17(10-16)31-2)23-22(27)14-4-3-7-25(12-14)33(28,29)18-5-6-20-19(11-18)24-21(26)13-32-20/h5-6,8-11,14H,3-4,7,12-13H2,1-2H3,(H,23,27)(H,24,26). The Labute approximate surface area is 191 Å². The highest BCUT2D eigenvalue weighted by Crippen LogP contribution is 2.33. The Kier molecular flexibility index (Phi) is 6.43. The van der Waals surface area contributed by atoms with Crippen LogP contribution in [0.2, 0.25) is 0 Å². The van der Waals surface area contributed by atoms with Gasteiger partial charge >= 0.3 is 0 Å². The molecule has 1 saturated heterocycles. The number of hydrogen-bond donors (Lipinski definition) is 2. The minimum atomic E-state index is -3.87. The minimum Gasteiger partial charge on any atom is -0.497 e. The van der Waals surface area contributed by atoms with E-state index >= 15 is 0 Å². The molecule has 4 rings (SSSR count). The van der Waals surface area contributed by atoms with Crippen LogP contribution in [-0.2, 0) is 19.6 Å². The Morgan fingerprint density at radius 2 is 1.88 bits per heavy atom. The van der Waals surface area contributed by atoms with Crippen molar-refractivity contribution < 1.29 is 32.2 Å². The van der Waals surface area contributed by atoms with Crippen LogP contribution >= 0.6 is 0 Å². The van der Waals surface area contributed by atoms with Gasteiger partial charge in [-0.1, -0.05) is 0 Å². The highest BCUT2D eigenvalue weighted by atomic mass is 32.2. The molecule has 2 aliphatic rings. The summed E-state index contributed by atoms with van der Waals surface area (Å²) in [7, 11) is -0.834. The fourth-order valence-corrected chi connectivity index (χ4v) is 5.42. The van der Waals surface area contributed by atoms with E-state index in [1.165, 1.54) is 36.7 Å². The Morgan fingerprint density at radius 3 is 2.58 bits per heavy atom. The van der Waals surface area contributed by atoms with E-state index in [0.29, 0.717) is 48.0 Å². The average molecular weight is 476 g/mol. The molecular formula is C22H25N3O7S. The van der Waals surface area contributed by atoms with Gasteiger partial charge in [0.05, 0.1) is 30.7 Å². The van der Waals surface area contributed by atoms with Gasteiger partial charge in [0.25, 0.3) is 5.91 Å². The number of nitrogens with zero attached hydrogens (tertiary/aromatic N) is 1. The molecule has 176 valence electrons. The summed E-state index contributed by atoms with van der Waals surface area (Å²) in [4.78, 5) is 24.5. The number of hydrogen-bond acceptors (Lipinski definition) is 7. The molecule has 33 heavy (non-hydrogen) atoms. The van der Waals surface area contributed by atoms with Crippen molar-refractivity contribution in [3.8, 4) is 17.2 Å². The molecule has 0 bridgehead atoms. The molecule has 2 N–H and O–H groups in total. The van der Waals surface area contributed by atoms with E-state index in [1.54, 1.807) is 18.2 Å². The van der Waals surface area contributed by atoms with Crippen molar-refractivity contribution in [1.29, 1.82) is 0 Å². The van der Waals surface area contributed by atoms with Crippen LogP contribution in [0.5, 0.6) is 17.2 Å². The first-order valence-electron chi connectivity index (χ1n) is 10.4. The Morgan fingerprint density at radius 1 is 1.15 bits per heavy atom. The van der Waals surface area contributed by atoms with Crippen molar-refractivity contribution in [2.45, 2.75) is 17.7 Å². The van der Waals surface area contributed by atoms with E-state index in [-0.39, 0.29) is 29.9 Å². The zero-order chi connectivity index (χ0) is 23.6. The first kappa shape index (κ1) is 22.9. The van der Waals surface area contributed by atoms with Gasteiger partial charge in [-0.05, 0) is 31.0 Å². The maximum atomic E-state index is 13.3. The van der Waals surface area contributed by atoms with E-state index in [1.807, 2.05) is 0 Å². The zero-order valence-corrected chi connectivity index (χ0v) is 19.1. The molecule has 2 aromatic carbocycles. The summed E-state index contributed by atoms with van der Waals surface area (Å²) in [5, 5.41) is 5.45. The number of carbonyl (C=O) groups is 2. The molecule has 0 radical (unpaired) electrons. The van der Waals surface area contributed by atoms with Gasteiger partial charge < -0.3 is 24.8 Å². The predicted octanol–water partition coefficient (Wildman–Crippen LogP) is 2.07. The van der Waals surface area contributed by atoms with Crippen LogP contribution < -0.4 is 24.8 Å². The molecule has 1 atom stereocenters. The number of sulfonamides is 1. The van der Waals surface area contributed by atoms with Gasteiger partial charge in [0.1, 0.15) is 17.2 Å². The Balaban J connectivity index is 1.49. The summed E-state index contributed by atoms with van der Waals surface area (Å²) in [5.41, 5.74) is 0.812. The van der Waals surface area contributed by atoms with E-state index in [9.17, 15) is 18.0 Å². The number of rotatable bonds is 6. The second-order valence-corrected chi connectivity index (χ2v) is 9.73. The third-order valence-corrected chi connectivity index (χ3v) is 7.46. The SMILES string of the molecule is COc1cc(NC(=O)C2CCCN(S(=O)(=O)c3ccc4c(c3)NC(=O)CO4)C2)cc(OC)c1. The number of ether oxygens (including phenoxy) is 3. The minimum absolute atomic E-state index is 0.0330. The lowest BCUT2D eigenvalue weighted by Crippen LogP contribution is -2.43. The molecule has 2 aliphatic heterocycles. The van der Waals surface area contributed by atoms with Crippen molar-refractivity contribution >= 4 is 33.2 Å². The average Bonchev–Trinajstić information content (AvgIpc) is 2.83. The summed E-state index contributed by atoms with van der Waals surface area (Å²) in [6.07, 6.45) is 1.11. The van der Waals surface area contributed by atoms with Gasteiger partial charge in [-0.2, -0.15) is 4.31 Å². The maximum Gasteiger partial charge on any atom is 0.262 e. The molecule has 10 nitrogen and oxygen atoms in total. The van der Waals surface area contributed by atoms with Gasteiger partial charge in [0.2, 0.25) is 15.9 Å². The molecule has 1 unspecified atom stereocenters. The number of amides is 2. The number of nitrogens with one attached hydrogen (secondary N) is 2. The Bertz CT molecular complexity index is 1160. The van der Waals surface area contributed by atoms with Crippen LogP contribution in [0.3, 0.4) is 0 Å². The van der Waals surface area contributed by atoms with Crippen molar-refractivity contribution in [2.75, 3.05) is 44.5 Å². The monoisotopic (exact) mass is 475 g/mol. The molecule has 1 fully saturated rings. The van der Waals surface area contributed by atoms with Gasteiger partial charge in [-0.15, -0.1) is 0 Å². The van der Waals surface area contributed by atoms with Crippen molar-refractivity contribution in [3.05, 3.63) is 36.4 Å². The molecule has 2 aromatic rings.